The number of carbonyl (C=O) groups excluding carboxylic acids is 2. The Bertz CT molecular complexity index is 1350. The van der Waals surface area contributed by atoms with Gasteiger partial charge in [0.2, 0.25) is 0 Å². The molecule has 3 aromatic rings. The molecule has 0 bridgehead atoms. The van der Waals surface area contributed by atoms with E-state index in [1.54, 1.807) is 0 Å². The zero-order valence-corrected chi connectivity index (χ0v) is 20.5. The average Bonchev–Trinajstić information content (AvgIpc) is 2.87. The van der Waals surface area contributed by atoms with E-state index in [1.807, 2.05) is 63.2 Å². The van der Waals surface area contributed by atoms with Crippen LogP contribution in [0.25, 0.3) is 10.8 Å². The van der Waals surface area contributed by atoms with Gasteiger partial charge in [-0.05, 0) is 54.5 Å². The fourth-order valence-electron chi connectivity index (χ4n) is 5.41. The van der Waals surface area contributed by atoms with E-state index in [9.17, 15) is 9.59 Å². The maximum absolute atomic E-state index is 13.8. The van der Waals surface area contributed by atoms with E-state index in [-0.39, 0.29) is 23.8 Å². The fourth-order valence-corrected chi connectivity index (χ4v) is 5.41. The zero-order chi connectivity index (χ0) is 24.5. The van der Waals surface area contributed by atoms with Crippen molar-refractivity contribution >= 4 is 22.5 Å². The van der Waals surface area contributed by atoms with Crippen molar-refractivity contribution in [1.29, 1.82) is 0 Å². The highest BCUT2D eigenvalue weighted by Gasteiger charge is 2.42. The molecule has 0 radical (unpaired) electrons. The van der Waals surface area contributed by atoms with Crippen molar-refractivity contribution in [3.63, 3.8) is 0 Å². The highest BCUT2D eigenvalue weighted by molar-refractivity contribution is 6.05. The molecule has 0 saturated heterocycles. The van der Waals surface area contributed by atoms with E-state index < -0.39 is 5.92 Å². The fraction of sp³-hybridized carbons (Fsp3) is 0.290. The second kappa shape index (κ2) is 9.53. The Labute approximate surface area is 206 Å². The van der Waals surface area contributed by atoms with Gasteiger partial charge in [0.05, 0.1) is 11.7 Å². The van der Waals surface area contributed by atoms with Gasteiger partial charge in [0, 0.05) is 29.3 Å². The summed E-state index contributed by atoms with van der Waals surface area (Å²) in [6, 6.07) is 24.5. The molecule has 0 spiro atoms. The van der Waals surface area contributed by atoms with Crippen molar-refractivity contribution in [3.8, 4) is 0 Å². The molecule has 4 nitrogen and oxygen atoms in total. The summed E-state index contributed by atoms with van der Waals surface area (Å²) in [6.07, 6.45) is 1.70. The van der Waals surface area contributed by atoms with Crippen LogP contribution in [0, 0.1) is 0 Å². The van der Waals surface area contributed by atoms with Gasteiger partial charge in [-0.3, -0.25) is 4.79 Å². The van der Waals surface area contributed by atoms with Crippen molar-refractivity contribution in [1.82, 2.24) is 5.32 Å². The quantitative estimate of drug-likeness (QED) is 0.435. The van der Waals surface area contributed by atoms with E-state index in [0.717, 1.165) is 40.6 Å². The lowest BCUT2D eigenvalue weighted by Crippen LogP contribution is -2.36. The van der Waals surface area contributed by atoms with Crippen molar-refractivity contribution in [3.05, 3.63) is 106 Å². The SMILES string of the molecule is CC[C@H](C)OC(=O)C1=C(C)NC2=C(C(=O)C[C@@H](c3ccccc3)C2)[C@H]1c1cccc2ccccc12. The molecule has 1 N–H and O–H groups in total. The summed E-state index contributed by atoms with van der Waals surface area (Å²) >= 11 is 0. The minimum absolute atomic E-state index is 0.0897. The lowest BCUT2D eigenvalue weighted by molar-refractivity contribution is -0.143. The van der Waals surface area contributed by atoms with Crippen LogP contribution in [0.4, 0.5) is 0 Å². The van der Waals surface area contributed by atoms with E-state index >= 15 is 0 Å². The Morgan fingerprint density at radius 2 is 1.71 bits per heavy atom. The van der Waals surface area contributed by atoms with Crippen molar-refractivity contribution in [2.45, 2.75) is 58.0 Å². The topological polar surface area (TPSA) is 55.4 Å². The number of hydrogen-bond acceptors (Lipinski definition) is 4. The second-order valence-electron chi connectivity index (χ2n) is 9.62. The molecule has 3 atom stereocenters. The van der Waals surface area contributed by atoms with Gasteiger partial charge in [0.1, 0.15) is 0 Å². The van der Waals surface area contributed by atoms with Crippen molar-refractivity contribution in [2.24, 2.45) is 0 Å². The zero-order valence-electron chi connectivity index (χ0n) is 20.5. The number of Topliss-reactive ketones (excluding diaryl/α,β-unsaturated/α-hetero) is 1. The number of nitrogens with one attached hydrogen (secondary N) is 1. The number of ketones is 1. The van der Waals surface area contributed by atoms with E-state index in [0.29, 0.717) is 17.6 Å². The van der Waals surface area contributed by atoms with E-state index in [4.69, 9.17) is 4.74 Å². The molecule has 35 heavy (non-hydrogen) atoms. The maximum Gasteiger partial charge on any atom is 0.337 e. The van der Waals surface area contributed by atoms with Crippen LogP contribution in [0.2, 0.25) is 0 Å². The minimum atomic E-state index is -0.460. The Kier molecular flexibility index (Phi) is 6.29. The summed E-state index contributed by atoms with van der Waals surface area (Å²) in [5, 5.41) is 5.59. The number of allylic oxidation sites excluding steroid dienone is 3. The summed E-state index contributed by atoms with van der Waals surface area (Å²) in [6.45, 7) is 5.82. The van der Waals surface area contributed by atoms with Crippen LogP contribution in [0.1, 0.15) is 63.0 Å². The Balaban J connectivity index is 1.66. The lowest BCUT2D eigenvalue weighted by Gasteiger charge is -2.37. The van der Waals surface area contributed by atoms with Crippen LogP contribution in [-0.4, -0.2) is 17.9 Å². The number of dihydropyridines is 1. The molecule has 0 amide bonds. The molecule has 5 rings (SSSR count). The molecule has 1 aliphatic carbocycles. The molecular weight excluding hydrogens is 434 g/mol. The van der Waals surface area contributed by atoms with Gasteiger partial charge in [-0.25, -0.2) is 4.79 Å². The summed E-state index contributed by atoms with van der Waals surface area (Å²) in [4.78, 5) is 27.3. The molecule has 0 fully saturated rings. The van der Waals surface area contributed by atoms with E-state index in [2.05, 4.69) is 35.6 Å². The molecule has 178 valence electrons. The standard InChI is InChI=1S/C31H31NO3/c1-4-19(2)35-31(34)28-20(3)32-26-17-23(21-11-6-5-7-12-21)18-27(33)30(26)29(28)25-16-10-14-22-13-8-9-15-24(22)25/h5-16,19,23,29,32H,4,17-18H2,1-3H3/t19-,23-,29-/m0/s1. The highest BCUT2D eigenvalue weighted by atomic mass is 16.5. The van der Waals surface area contributed by atoms with E-state index in [1.165, 1.54) is 5.56 Å². The Morgan fingerprint density at radius 3 is 2.49 bits per heavy atom. The van der Waals surface area contributed by atoms with Crippen LogP contribution >= 0.6 is 0 Å². The van der Waals surface area contributed by atoms with Gasteiger partial charge in [0.15, 0.2) is 5.78 Å². The third kappa shape index (κ3) is 4.29. The normalized spacial score (nSPS) is 20.9. The Hall–Kier alpha value is -3.66. The number of fused-ring (bicyclic) bond motifs is 1. The molecule has 2 aliphatic rings. The van der Waals surface area contributed by atoms with Crippen LogP contribution in [0.15, 0.2) is 95.3 Å². The van der Waals surface area contributed by atoms with Crippen LogP contribution in [0.5, 0.6) is 0 Å². The molecular formula is C31H31NO3. The number of ether oxygens (including phenoxy) is 1. The number of rotatable bonds is 5. The van der Waals surface area contributed by atoms with Gasteiger partial charge in [0.25, 0.3) is 0 Å². The Morgan fingerprint density at radius 1 is 1.00 bits per heavy atom. The maximum atomic E-state index is 13.8. The van der Waals surface area contributed by atoms with Gasteiger partial charge in [-0.1, -0.05) is 79.7 Å². The molecule has 3 aromatic carbocycles. The third-order valence-corrected chi connectivity index (χ3v) is 7.34. The number of hydrogen-bond donors (Lipinski definition) is 1. The molecule has 0 unspecified atom stereocenters. The summed E-state index contributed by atoms with van der Waals surface area (Å²) in [5.41, 5.74) is 5.06. The molecule has 4 heteroatoms. The minimum Gasteiger partial charge on any atom is -0.459 e. The third-order valence-electron chi connectivity index (χ3n) is 7.34. The van der Waals surface area contributed by atoms with Gasteiger partial charge < -0.3 is 10.1 Å². The molecule has 1 aliphatic heterocycles. The van der Waals surface area contributed by atoms with Gasteiger partial charge >= 0.3 is 5.97 Å². The van der Waals surface area contributed by atoms with Crippen LogP contribution in [0.3, 0.4) is 0 Å². The molecule has 0 aromatic heterocycles. The van der Waals surface area contributed by atoms with Crippen molar-refractivity contribution < 1.29 is 14.3 Å². The summed E-state index contributed by atoms with van der Waals surface area (Å²) in [7, 11) is 0. The monoisotopic (exact) mass is 465 g/mol. The van der Waals surface area contributed by atoms with Crippen molar-refractivity contribution in [2.75, 3.05) is 0 Å². The number of benzene rings is 3. The first kappa shape index (κ1) is 23.1. The average molecular weight is 466 g/mol. The summed E-state index contributed by atoms with van der Waals surface area (Å²) < 4.78 is 5.81. The van der Waals surface area contributed by atoms with Gasteiger partial charge in [-0.15, -0.1) is 0 Å². The first-order valence-corrected chi connectivity index (χ1v) is 12.5. The first-order chi connectivity index (χ1) is 17.0. The van der Waals surface area contributed by atoms with Crippen LogP contribution in [-0.2, 0) is 14.3 Å². The largest absolute Gasteiger partial charge is 0.459 e. The summed E-state index contributed by atoms with van der Waals surface area (Å²) in [5.74, 6) is -0.610. The molecule has 1 heterocycles. The highest BCUT2D eigenvalue weighted by Crippen LogP contribution is 2.47. The lowest BCUT2D eigenvalue weighted by atomic mass is 9.71. The smallest absolute Gasteiger partial charge is 0.337 e. The van der Waals surface area contributed by atoms with Gasteiger partial charge in [-0.2, -0.15) is 0 Å². The first-order valence-electron chi connectivity index (χ1n) is 12.5. The molecule has 0 saturated carbocycles. The number of carbonyl (C=O) groups is 2. The number of esters is 1. The van der Waals surface area contributed by atoms with Crippen LogP contribution < -0.4 is 5.32 Å². The predicted octanol–water partition coefficient (Wildman–Crippen LogP) is 6.54. The second-order valence-corrected chi connectivity index (χ2v) is 9.62. The predicted molar refractivity (Wildman–Crippen MR) is 139 cm³/mol.